The van der Waals surface area contributed by atoms with E-state index in [9.17, 15) is 17.6 Å². The Morgan fingerprint density at radius 1 is 1.14 bits per heavy atom. The second-order valence-corrected chi connectivity index (χ2v) is 4.24. The molecule has 0 fully saturated rings. The summed E-state index contributed by atoms with van der Waals surface area (Å²) in [6.07, 6.45) is -3.05. The minimum Gasteiger partial charge on any atom is -0.436 e. The molecule has 0 aliphatic heterocycles. The summed E-state index contributed by atoms with van der Waals surface area (Å²) in [4.78, 5) is 3.74. The lowest BCUT2D eigenvalue weighted by Crippen LogP contribution is -2.08. The second-order valence-electron chi connectivity index (χ2n) is 4.24. The lowest BCUT2D eigenvalue weighted by molar-refractivity contribution is -0.137. The molecular formula is C14H12F4N2O. The monoisotopic (exact) mass is 300 g/mol. The number of nitrogens with one attached hydrogen (secondary N) is 1. The van der Waals surface area contributed by atoms with Gasteiger partial charge in [-0.05, 0) is 37.4 Å². The van der Waals surface area contributed by atoms with Crippen LogP contribution >= 0.6 is 0 Å². The molecule has 2 rings (SSSR count). The zero-order valence-electron chi connectivity index (χ0n) is 11.0. The maximum atomic E-state index is 14.0. The quantitative estimate of drug-likeness (QED) is 0.873. The van der Waals surface area contributed by atoms with Crippen LogP contribution < -0.4 is 10.1 Å². The van der Waals surface area contributed by atoms with Gasteiger partial charge in [-0.2, -0.15) is 13.2 Å². The number of halogens is 4. The van der Waals surface area contributed by atoms with Gasteiger partial charge in [0.2, 0.25) is 0 Å². The van der Waals surface area contributed by atoms with Gasteiger partial charge in [0.1, 0.15) is 5.75 Å². The zero-order valence-corrected chi connectivity index (χ0v) is 11.0. The molecule has 0 aliphatic rings. The summed E-state index contributed by atoms with van der Waals surface area (Å²) >= 11 is 0. The Morgan fingerprint density at radius 2 is 1.81 bits per heavy atom. The number of nitrogens with zero attached hydrogens (tertiary/aromatic N) is 1. The van der Waals surface area contributed by atoms with E-state index in [4.69, 9.17) is 4.74 Å². The molecule has 1 aromatic carbocycles. The van der Waals surface area contributed by atoms with Gasteiger partial charge in [0.25, 0.3) is 5.88 Å². The SMILES string of the molecule is CNCc1ccnc(Oc2ccc(C(F)(F)F)cc2)c1F. The standard InChI is InChI=1S/C14H12F4N2O/c1-19-8-9-6-7-20-13(12(9)15)21-11-4-2-10(3-5-11)14(16,17)18/h2-7,19H,8H2,1H3. The third kappa shape index (κ3) is 3.69. The number of rotatable bonds is 4. The van der Waals surface area contributed by atoms with E-state index in [1.165, 1.54) is 12.3 Å². The highest BCUT2D eigenvalue weighted by atomic mass is 19.4. The summed E-state index contributed by atoms with van der Waals surface area (Å²) in [7, 11) is 1.66. The molecule has 0 radical (unpaired) electrons. The molecule has 1 N–H and O–H groups in total. The Bertz CT molecular complexity index is 611. The Labute approximate surface area is 118 Å². The van der Waals surface area contributed by atoms with Crippen LogP contribution in [0.25, 0.3) is 0 Å². The molecule has 0 saturated heterocycles. The van der Waals surface area contributed by atoms with Crippen LogP contribution in [0.15, 0.2) is 36.5 Å². The molecule has 3 nitrogen and oxygen atoms in total. The highest BCUT2D eigenvalue weighted by Crippen LogP contribution is 2.31. The smallest absolute Gasteiger partial charge is 0.416 e. The molecule has 0 saturated carbocycles. The summed E-state index contributed by atoms with van der Waals surface area (Å²) in [5.41, 5.74) is -0.443. The number of hydrogen-bond donors (Lipinski definition) is 1. The topological polar surface area (TPSA) is 34.2 Å². The van der Waals surface area contributed by atoms with Gasteiger partial charge in [-0.25, -0.2) is 9.37 Å². The van der Waals surface area contributed by atoms with Crippen molar-refractivity contribution in [3.63, 3.8) is 0 Å². The van der Waals surface area contributed by atoms with Crippen LogP contribution in [0.1, 0.15) is 11.1 Å². The minimum absolute atomic E-state index is 0.0796. The average Bonchev–Trinajstić information content (AvgIpc) is 2.43. The van der Waals surface area contributed by atoms with Gasteiger partial charge in [-0.1, -0.05) is 0 Å². The Balaban J connectivity index is 2.20. The van der Waals surface area contributed by atoms with Crippen LogP contribution in [0, 0.1) is 5.82 Å². The van der Waals surface area contributed by atoms with Crippen molar-refractivity contribution in [2.24, 2.45) is 0 Å². The maximum absolute atomic E-state index is 14.0. The summed E-state index contributed by atoms with van der Waals surface area (Å²) in [6.45, 7) is 0.289. The van der Waals surface area contributed by atoms with E-state index < -0.39 is 17.6 Å². The van der Waals surface area contributed by atoms with Crippen LogP contribution in [0.4, 0.5) is 17.6 Å². The van der Waals surface area contributed by atoms with Crippen molar-refractivity contribution in [3.05, 3.63) is 53.5 Å². The highest BCUT2D eigenvalue weighted by Gasteiger charge is 2.30. The molecule has 0 aliphatic carbocycles. The van der Waals surface area contributed by atoms with Gasteiger partial charge in [-0.15, -0.1) is 0 Å². The first-order chi connectivity index (χ1) is 9.91. The van der Waals surface area contributed by atoms with E-state index in [0.717, 1.165) is 24.3 Å². The molecular weight excluding hydrogens is 288 g/mol. The fourth-order valence-electron chi connectivity index (χ4n) is 1.68. The molecule has 0 spiro atoms. The summed E-state index contributed by atoms with van der Waals surface area (Å²) in [5, 5.41) is 2.79. The number of aromatic nitrogens is 1. The molecule has 2 aromatic rings. The van der Waals surface area contributed by atoms with E-state index >= 15 is 0 Å². The van der Waals surface area contributed by atoms with Crippen molar-refractivity contribution in [2.45, 2.75) is 12.7 Å². The molecule has 0 unspecified atom stereocenters. The van der Waals surface area contributed by atoms with Crippen molar-refractivity contribution in [1.29, 1.82) is 0 Å². The van der Waals surface area contributed by atoms with Crippen LogP contribution in [0.5, 0.6) is 11.6 Å². The molecule has 1 aromatic heterocycles. The minimum atomic E-state index is -4.42. The van der Waals surface area contributed by atoms with Crippen molar-refractivity contribution in [2.75, 3.05) is 7.05 Å². The van der Waals surface area contributed by atoms with Crippen LogP contribution in [0.3, 0.4) is 0 Å². The molecule has 0 amide bonds. The first kappa shape index (κ1) is 15.2. The summed E-state index contributed by atoms with van der Waals surface area (Å²) in [5.74, 6) is -0.842. The fraction of sp³-hybridized carbons (Fsp3) is 0.214. The van der Waals surface area contributed by atoms with E-state index in [1.807, 2.05) is 0 Å². The first-order valence-electron chi connectivity index (χ1n) is 6.05. The van der Waals surface area contributed by atoms with Crippen molar-refractivity contribution >= 4 is 0 Å². The normalized spacial score (nSPS) is 11.5. The molecule has 1 heterocycles. The largest absolute Gasteiger partial charge is 0.436 e. The van der Waals surface area contributed by atoms with E-state index in [2.05, 4.69) is 10.3 Å². The zero-order chi connectivity index (χ0) is 15.5. The van der Waals surface area contributed by atoms with Crippen LogP contribution in [0.2, 0.25) is 0 Å². The lowest BCUT2D eigenvalue weighted by Gasteiger charge is -2.10. The van der Waals surface area contributed by atoms with Crippen LogP contribution in [-0.2, 0) is 12.7 Å². The molecule has 0 bridgehead atoms. The van der Waals surface area contributed by atoms with Gasteiger partial charge in [0.15, 0.2) is 5.82 Å². The Kier molecular flexibility index (Phi) is 4.42. The molecule has 0 atom stereocenters. The van der Waals surface area contributed by atoms with Crippen molar-refractivity contribution in [3.8, 4) is 11.6 Å². The Hall–Kier alpha value is -2.15. The Morgan fingerprint density at radius 3 is 2.38 bits per heavy atom. The predicted octanol–water partition coefficient (Wildman–Crippen LogP) is 3.75. The van der Waals surface area contributed by atoms with Crippen molar-refractivity contribution < 1.29 is 22.3 Å². The van der Waals surface area contributed by atoms with Gasteiger partial charge >= 0.3 is 6.18 Å². The van der Waals surface area contributed by atoms with Gasteiger partial charge < -0.3 is 10.1 Å². The fourth-order valence-corrected chi connectivity index (χ4v) is 1.68. The number of benzene rings is 1. The van der Waals surface area contributed by atoms with Gasteiger partial charge in [0.05, 0.1) is 5.56 Å². The van der Waals surface area contributed by atoms with Gasteiger partial charge in [0, 0.05) is 18.3 Å². The highest BCUT2D eigenvalue weighted by molar-refractivity contribution is 5.33. The maximum Gasteiger partial charge on any atom is 0.416 e. The molecule has 112 valence electrons. The predicted molar refractivity (Wildman–Crippen MR) is 68.5 cm³/mol. The second kappa shape index (κ2) is 6.09. The lowest BCUT2D eigenvalue weighted by atomic mass is 10.2. The number of alkyl halides is 3. The third-order valence-electron chi connectivity index (χ3n) is 2.70. The molecule has 7 heteroatoms. The van der Waals surface area contributed by atoms with Crippen molar-refractivity contribution in [1.82, 2.24) is 10.3 Å². The van der Waals surface area contributed by atoms with E-state index in [-0.39, 0.29) is 18.2 Å². The number of ether oxygens (including phenoxy) is 1. The average molecular weight is 300 g/mol. The van der Waals surface area contributed by atoms with E-state index in [1.54, 1.807) is 7.05 Å². The first-order valence-corrected chi connectivity index (χ1v) is 6.05. The molecule has 21 heavy (non-hydrogen) atoms. The third-order valence-corrected chi connectivity index (χ3v) is 2.70. The number of pyridine rings is 1. The number of hydrogen-bond acceptors (Lipinski definition) is 3. The van der Waals surface area contributed by atoms with Crippen LogP contribution in [-0.4, -0.2) is 12.0 Å². The summed E-state index contributed by atoms with van der Waals surface area (Å²) < 4.78 is 56.5. The summed E-state index contributed by atoms with van der Waals surface area (Å²) in [6, 6.07) is 5.46. The van der Waals surface area contributed by atoms with Gasteiger partial charge in [-0.3, -0.25) is 0 Å². The van der Waals surface area contributed by atoms with E-state index in [0.29, 0.717) is 5.56 Å².